The van der Waals surface area contributed by atoms with Gasteiger partial charge in [-0.15, -0.1) is 0 Å². The minimum Gasteiger partial charge on any atom is -0.461 e. The van der Waals surface area contributed by atoms with Gasteiger partial charge in [0.2, 0.25) is 0 Å². The molecule has 7 heteroatoms. The monoisotopic (exact) mass is 661 g/mol. The zero-order valence-corrected chi connectivity index (χ0v) is 30.1. The average Bonchev–Trinajstić information content (AvgIpc) is 3.07. The lowest BCUT2D eigenvalue weighted by Gasteiger charge is -2.38. The first-order chi connectivity index (χ1) is 23.4. The highest BCUT2D eigenvalue weighted by atomic mass is 16.6. The predicted octanol–water partition coefficient (Wildman–Crippen LogP) is 8.56. The van der Waals surface area contributed by atoms with Crippen LogP contribution < -0.4 is 10.2 Å². The van der Waals surface area contributed by atoms with Crippen LogP contribution in [0.25, 0.3) is 11.1 Å². The van der Waals surface area contributed by atoms with Crippen molar-refractivity contribution in [2.45, 2.75) is 92.1 Å². The first kappa shape index (κ1) is 35.8. The van der Waals surface area contributed by atoms with Crippen LogP contribution in [0.3, 0.4) is 0 Å². The first-order valence-corrected chi connectivity index (χ1v) is 17.5. The zero-order valence-electron chi connectivity index (χ0n) is 30.1. The maximum absolute atomic E-state index is 13.9. The molecule has 4 aromatic rings. The number of nitrogens with one attached hydrogen (secondary N) is 1. The van der Waals surface area contributed by atoms with Gasteiger partial charge in [-0.05, 0) is 102 Å². The van der Waals surface area contributed by atoms with Crippen molar-refractivity contribution >= 4 is 17.6 Å². The Bertz CT molecular complexity index is 1710. The van der Waals surface area contributed by atoms with Crippen LogP contribution in [-0.4, -0.2) is 41.7 Å². The molecule has 1 amide bonds. The molecule has 1 aliphatic rings. The van der Waals surface area contributed by atoms with Gasteiger partial charge >= 0.3 is 5.97 Å². The van der Waals surface area contributed by atoms with Gasteiger partial charge in [0.15, 0.2) is 6.10 Å². The Morgan fingerprint density at radius 2 is 1.45 bits per heavy atom. The number of hydrogen-bond donors (Lipinski definition) is 1. The Morgan fingerprint density at radius 1 is 0.857 bits per heavy atom. The number of esters is 1. The number of nitrogens with zero attached hydrogens (tertiary/aromatic N) is 2. The number of anilines is 1. The molecule has 0 saturated carbocycles. The van der Waals surface area contributed by atoms with Crippen molar-refractivity contribution in [3.63, 3.8) is 0 Å². The predicted molar refractivity (Wildman–Crippen MR) is 197 cm³/mol. The summed E-state index contributed by atoms with van der Waals surface area (Å²) in [5.74, 6) is 0.0108. The Balaban J connectivity index is 1.53. The van der Waals surface area contributed by atoms with Gasteiger partial charge in [0.1, 0.15) is 0 Å². The molecule has 1 aromatic heterocycles. The fourth-order valence-electron chi connectivity index (χ4n) is 6.68. The van der Waals surface area contributed by atoms with Crippen LogP contribution in [0.2, 0.25) is 0 Å². The third-order valence-electron chi connectivity index (χ3n) is 8.91. The minimum absolute atomic E-state index is 0.134. The number of aromatic nitrogens is 1. The summed E-state index contributed by atoms with van der Waals surface area (Å²) >= 11 is 0. The number of rotatable bonds is 11. The van der Waals surface area contributed by atoms with E-state index in [4.69, 9.17) is 14.5 Å². The molecule has 1 aliphatic heterocycles. The maximum atomic E-state index is 13.9. The molecule has 258 valence electrons. The van der Waals surface area contributed by atoms with Gasteiger partial charge in [0, 0.05) is 47.7 Å². The number of carbonyl (C=O) groups excluding carboxylic acids is 2. The first-order valence-electron chi connectivity index (χ1n) is 17.5. The molecule has 0 unspecified atom stereocenters. The molecule has 1 N–H and O–H groups in total. The molecule has 0 bridgehead atoms. The minimum atomic E-state index is -0.964. The summed E-state index contributed by atoms with van der Waals surface area (Å²) in [4.78, 5) is 34.4. The summed E-state index contributed by atoms with van der Waals surface area (Å²) in [7, 11) is 0. The highest BCUT2D eigenvalue weighted by Gasteiger charge is 2.37. The Kier molecular flexibility index (Phi) is 11.6. The Hall–Kier alpha value is -4.49. The van der Waals surface area contributed by atoms with Crippen LogP contribution in [0.15, 0.2) is 84.9 Å². The van der Waals surface area contributed by atoms with Gasteiger partial charge in [0.05, 0.1) is 17.4 Å². The van der Waals surface area contributed by atoms with E-state index in [0.29, 0.717) is 18.0 Å². The van der Waals surface area contributed by atoms with Crippen LogP contribution in [0.5, 0.6) is 0 Å². The third kappa shape index (κ3) is 9.36. The van der Waals surface area contributed by atoms with Gasteiger partial charge in [-0.1, -0.05) is 72.8 Å². The maximum Gasteiger partial charge on any atom is 0.340 e. The van der Waals surface area contributed by atoms with E-state index in [-0.39, 0.29) is 12.0 Å². The van der Waals surface area contributed by atoms with E-state index < -0.39 is 17.7 Å². The molecule has 0 aliphatic carbocycles. The van der Waals surface area contributed by atoms with Gasteiger partial charge in [-0.3, -0.25) is 9.78 Å². The largest absolute Gasteiger partial charge is 0.461 e. The summed E-state index contributed by atoms with van der Waals surface area (Å²) in [5.41, 5.74) is 7.54. The van der Waals surface area contributed by atoms with Crippen molar-refractivity contribution in [2.24, 2.45) is 5.92 Å². The summed E-state index contributed by atoms with van der Waals surface area (Å²) in [6, 6.07) is 28.3. The lowest BCUT2D eigenvalue weighted by molar-refractivity contribution is -0.171. The number of benzene rings is 3. The smallest absolute Gasteiger partial charge is 0.340 e. The van der Waals surface area contributed by atoms with E-state index in [9.17, 15) is 9.59 Å². The van der Waals surface area contributed by atoms with Gasteiger partial charge in [-0.2, -0.15) is 0 Å². The fourth-order valence-corrected chi connectivity index (χ4v) is 6.68. The molecule has 7 nitrogen and oxygen atoms in total. The lowest BCUT2D eigenvalue weighted by Crippen LogP contribution is -2.37. The second-order valence-electron chi connectivity index (χ2n) is 14.4. The van der Waals surface area contributed by atoms with Gasteiger partial charge in [-0.25, -0.2) is 4.79 Å². The van der Waals surface area contributed by atoms with E-state index in [2.05, 4.69) is 40.5 Å². The van der Waals surface area contributed by atoms with Crippen LogP contribution in [0, 0.1) is 19.8 Å². The second-order valence-corrected chi connectivity index (χ2v) is 14.4. The number of amides is 1. The number of hydrogen-bond acceptors (Lipinski definition) is 6. The van der Waals surface area contributed by atoms with Crippen molar-refractivity contribution < 1.29 is 19.1 Å². The fraction of sp³-hybridized carbons (Fsp3) is 0.405. The third-order valence-corrected chi connectivity index (χ3v) is 8.91. The number of piperidine rings is 1. The average molecular weight is 662 g/mol. The van der Waals surface area contributed by atoms with E-state index in [1.807, 2.05) is 103 Å². The summed E-state index contributed by atoms with van der Waals surface area (Å²) < 4.78 is 12.4. The lowest BCUT2D eigenvalue weighted by atomic mass is 9.88. The molecule has 1 atom stereocenters. The normalized spacial score (nSPS) is 14.5. The molecule has 1 saturated heterocycles. The molecule has 3 aromatic carbocycles. The van der Waals surface area contributed by atoms with Crippen molar-refractivity contribution in [1.29, 1.82) is 0 Å². The van der Waals surface area contributed by atoms with E-state index >= 15 is 0 Å². The molecule has 1 fully saturated rings. The van der Waals surface area contributed by atoms with E-state index in [0.717, 1.165) is 71.7 Å². The molecule has 2 heterocycles. The number of carbonyl (C=O) groups is 2. The zero-order chi connectivity index (χ0) is 35.1. The summed E-state index contributed by atoms with van der Waals surface area (Å²) in [5, 5.41) is 3.02. The van der Waals surface area contributed by atoms with Crippen LogP contribution in [0.1, 0.15) is 92.0 Å². The standard InChI is InChI=1S/C42H51N3O4/c1-28(2)48-41(47)39(49-42(5,6)7)37-30(4)44-29(3)36(38(37)45-24-22-32(23-25-45)26-31-14-10-8-11-15-31)34-18-20-35(21-19-34)40(46)43-27-33-16-12-9-13-17-33/h8-21,28,32,39H,22-27H2,1-7H3,(H,43,46)/t39-/m0/s1. The molecule has 0 radical (unpaired) electrons. The van der Waals surface area contributed by atoms with Gasteiger partial charge in [0.25, 0.3) is 5.91 Å². The number of aryl methyl sites for hydroxylation is 2. The topological polar surface area (TPSA) is 80.8 Å². The van der Waals surface area contributed by atoms with Crippen LogP contribution >= 0.6 is 0 Å². The molecule has 0 spiro atoms. The molecular formula is C42H51N3O4. The number of pyridine rings is 1. The van der Waals surface area contributed by atoms with Crippen LogP contribution in [0.4, 0.5) is 5.69 Å². The van der Waals surface area contributed by atoms with Crippen molar-refractivity contribution in [3.8, 4) is 11.1 Å². The molecule has 49 heavy (non-hydrogen) atoms. The van der Waals surface area contributed by atoms with Crippen molar-refractivity contribution in [2.75, 3.05) is 18.0 Å². The number of ether oxygens (including phenoxy) is 2. The molecule has 5 rings (SSSR count). The van der Waals surface area contributed by atoms with Crippen molar-refractivity contribution in [1.82, 2.24) is 10.3 Å². The highest BCUT2D eigenvalue weighted by Crippen LogP contribution is 2.44. The quantitative estimate of drug-likeness (QED) is 0.162. The SMILES string of the molecule is Cc1nc(C)c([C@H](OC(C)(C)C)C(=O)OC(C)C)c(N2CCC(Cc3ccccc3)CC2)c1-c1ccc(C(=O)NCc2ccccc2)cc1. The highest BCUT2D eigenvalue weighted by molar-refractivity contribution is 5.95. The Labute approximate surface area is 292 Å². The van der Waals surface area contributed by atoms with Crippen LogP contribution in [-0.2, 0) is 27.2 Å². The van der Waals surface area contributed by atoms with E-state index in [1.165, 1.54) is 5.56 Å². The van der Waals surface area contributed by atoms with Gasteiger partial charge < -0.3 is 19.7 Å². The Morgan fingerprint density at radius 3 is 2.02 bits per heavy atom. The molecular weight excluding hydrogens is 610 g/mol. The summed E-state index contributed by atoms with van der Waals surface area (Å²) in [6.45, 7) is 15.7. The second kappa shape index (κ2) is 15.8. The summed E-state index contributed by atoms with van der Waals surface area (Å²) in [6.07, 6.45) is 1.84. The van der Waals surface area contributed by atoms with E-state index in [1.54, 1.807) is 0 Å². The van der Waals surface area contributed by atoms with Crippen molar-refractivity contribution in [3.05, 3.63) is 119 Å².